The number of aromatic nitrogens is 3. The van der Waals surface area contributed by atoms with Gasteiger partial charge in [0.15, 0.2) is 11.1 Å². The summed E-state index contributed by atoms with van der Waals surface area (Å²) in [5.41, 5.74) is 4.40. The largest absolute Gasteiger partial charge is 0.489 e. The number of rotatable bonds is 1. The Bertz CT molecular complexity index is 1040. The van der Waals surface area contributed by atoms with Gasteiger partial charge >= 0.3 is 11.7 Å². The lowest BCUT2D eigenvalue weighted by Crippen LogP contribution is -2.35. The van der Waals surface area contributed by atoms with Gasteiger partial charge in [-0.2, -0.15) is 0 Å². The summed E-state index contributed by atoms with van der Waals surface area (Å²) in [5, 5.41) is 0. The first kappa shape index (κ1) is 12.0. The van der Waals surface area contributed by atoms with E-state index in [0.29, 0.717) is 11.5 Å². The minimum absolute atomic E-state index is 0.388. The molecule has 2 aromatic heterocycles. The van der Waals surface area contributed by atoms with Gasteiger partial charge in [0.2, 0.25) is 0 Å². The number of hydrogen-bond acceptors (Lipinski definition) is 2. The summed E-state index contributed by atoms with van der Waals surface area (Å²) >= 11 is 0. The molecule has 0 fully saturated rings. The highest BCUT2D eigenvalue weighted by atomic mass is 16.4. The number of hydrogen-bond donors (Lipinski definition) is 1. The van der Waals surface area contributed by atoms with Crippen LogP contribution in [0.1, 0.15) is 5.56 Å². The van der Waals surface area contributed by atoms with Crippen LogP contribution in [-0.4, -0.2) is 9.55 Å². The maximum atomic E-state index is 12.3. The van der Waals surface area contributed by atoms with Crippen molar-refractivity contribution in [2.45, 2.75) is 6.92 Å². The van der Waals surface area contributed by atoms with E-state index in [-0.39, 0.29) is 5.76 Å². The summed E-state index contributed by atoms with van der Waals surface area (Å²) in [7, 11) is 1.93. The molecule has 0 aliphatic carbocycles. The summed E-state index contributed by atoms with van der Waals surface area (Å²) in [6.07, 6.45) is 0. The number of nitrogens with one attached hydrogen (secondary N) is 1. The van der Waals surface area contributed by atoms with Crippen LogP contribution in [0.25, 0.3) is 28.1 Å². The van der Waals surface area contributed by atoms with Gasteiger partial charge in [-0.1, -0.05) is 24.3 Å². The van der Waals surface area contributed by atoms with Crippen LogP contribution in [0.2, 0.25) is 0 Å². The SMILES string of the molecule is Cc1cccc2oc(=O)n(-c3[nH]c4ccccc4[n+]3C)c12. The maximum absolute atomic E-state index is 12.3. The molecule has 5 nitrogen and oxygen atoms in total. The van der Waals surface area contributed by atoms with Gasteiger partial charge in [0.05, 0.1) is 7.05 Å². The summed E-state index contributed by atoms with van der Waals surface area (Å²) in [5.74, 6) is 0.302. The number of oxazole rings is 1. The second kappa shape index (κ2) is 4.09. The lowest BCUT2D eigenvalue weighted by atomic mass is 10.2. The number of para-hydroxylation sites is 3. The molecular weight excluding hydrogens is 266 g/mol. The zero-order valence-electron chi connectivity index (χ0n) is 11.8. The third-order valence-electron chi connectivity index (χ3n) is 3.85. The molecule has 0 bridgehead atoms. The fourth-order valence-corrected chi connectivity index (χ4v) is 2.82. The van der Waals surface area contributed by atoms with Crippen LogP contribution in [0, 0.1) is 6.92 Å². The maximum Gasteiger partial charge on any atom is 0.489 e. The van der Waals surface area contributed by atoms with Crippen molar-refractivity contribution >= 4 is 22.1 Å². The van der Waals surface area contributed by atoms with Crippen LogP contribution in [0.5, 0.6) is 0 Å². The van der Waals surface area contributed by atoms with Crippen molar-refractivity contribution in [2.24, 2.45) is 7.05 Å². The lowest BCUT2D eigenvalue weighted by Gasteiger charge is -1.97. The molecule has 2 aromatic carbocycles. The fraction of sp³-hybridized carbons (Fsp3) is 0.125. The van der Waals surface area contributed by atoms with Gasteiger partial charge in [-0.3, -0.25) is 0 Å². The van der Waals surface area contributed by atoms with E-state index in [1.807, 2.05) is 61.0 Å². The second-order valence-corrected chi connectivity index (χ2v) is 5.15. The van der Waals surface area contributed by atoms with E-state index in [4.69, 9.17) is 4.42 Å². The molecule has 104 valence electrons. The van der Waals surface area contributed by atoms with E-state index in [2.05, 4.69) is 4.98 Å². The topological polar surface area (TPSA) is 54.8 Å². The molecule has 5 heteroatoms. The first-order valence-corrected chi connectivity index (χ1v) is 6.75. The summed E-state index contributed by atoms with van der Waals surface area (Å²) in [6, 6.07) is 13.6. The highest BCUT2D eigenvalue weighted by Crippen LogP contribution is 2.20. The standard InChI is InChI=1S/C16H13N3O2/c1-10-6-5-9-13-14(10)19(16(20)21-13)15-17-11-7-3-4-8-12(11)18(15)2/h3-9H,1-2H3/p+1. The Labute approximate surface area is 120 Å². The molecule has 0 aliphatic heterocycles. The third kappa shape index (κ3) is 1.57. The van der Waals surface area contributed by atoms with Gasteiger partial charge in [-0.25, -0.2) is 14.3 Å². The number of aryl methyl sites for hydroxylation is 2. The van der Waals surface area contributed by atoms with E-state index < -0.39 is 0 Å². The lowest BCUT2D eigenvalue weighted by molar-refractivity contribution is -0.638. The number of benzene rings is 2. The van der Waals surface area contributed by atoms with E-state index in [0.717, 1.165) is 22.1 Å². The Balaban J connectivity index is 2.16. The van der Waals surface area contributed by atoms with Crippen LogP contribution in [0.3, 0.4) is 0 Å². The predicted molar refractivity (Wildman–Crippen MR) is 79.6 cm³/mol. The van der Waals surface area contributed by atoms with Gasteiger partial charge < -0.3 is 4.42 Å². The molecule has 0 atom stereocenters. The van der Waals surface area contributed by atoms with E-state index >= 15 is 0 Å². The monoisotopic (exact) mass is 280 g/mol. The molecule has 4 aromatic rings. The van der Waals surface area contributed by atoms with Crippen molar-refractivity contribution < 1.29 is 8.98 Å². The van der Waals surface area contributed by atoms with Gasteiger partial charge in [-0.05, 0) is 30.7 Å². The summed E-state index contributed by atoms with van der Waals surface area (Å²) < 4.78 is 8.90. The van der Waals surface area contributed by atoms with E-state index in [1.54, 1.807) is 4.57 Å². The molecule has 0 aliphatic rings. The molecule has 1 N–H and O–H groups in total. The van der Waals surface area contributed by atoms with E-state index in [1.165, 1.54) is 0 Å². The Morgan fingerprint density at radius 1 is 1.14 bits per heavy atom. The Morgan fingerprint density at radius 3 is 2.76 bits per heavy atom. The first-order valence-electron chi connectivity index (χ1n) is 6.75. The van der Waals surface area contributed by atoms with Crippen LogP contribution in [0.4, 0.5) is 0 Å². The number of nitrogens with zero attached hydrogens (tertiary/aromatic N) is 2. The average Bonchev–Trinajstić information content (AvgIpc) is 2.97. The molecule has 0 radical (unpaired) electrons. The summed E-state index contributed by atoms with van der Waals surface area (Å²) in [4.78, 5) is 15.6. The van der Waals surface area contributed by atoms with Crippen molar-refractivity contribution in [3.05, 3.63) is 58.6 Å². The number of fused-ring (bicyclic) bond motifs is 2. The minimum Gasteiger partial charge on any atom is -0.394 e. The average molecular weight is 280 g/mol. The molecule has 0 amide bonds. The van der Waals surface area contributed by atoms with Crippen molar-refractivity contribution in [3.63, 3.8) is 0 Å². The van der Waals surface area contributed by atoms with Crippen LogP contribution >= 0.6 is 0 Å². The van der Waals surface area contributed by atoms with Crippen LogP contribution < -0.4 is 10.3 Å². The zero-order chi connectivity index (χ0) is 14.6. The highest BCUT2D eigenvalue weighted by Gasteiger charge is 2.24. The number of imidazole rings is 1. The van der Waals surface area contributed by atoms with E-state index in [9.17, 15) is 4.79 Å². The molecule has 2 heterocycles. The van der Waals surface area contributed by atoms with Gasteiger partial charge in [0.1, 0.15) is 11.0 Å². The van der Waals surface area contributed by atoms with Crippen LogP contribution in [0.15, 0.2) is 51.7 Å². The minimum atomic E-state index is -0.388. The van der Waals surface area contributed by atoms with Crippen molar-refractivity contribution in [3.8, 4) is 5.95 Å². The van der Waals surface area contributed by atoms with Crippen LogP contribution in [-0.2, 0) is 7.05 Å². The zero-order valence-corrected chi connectivity index (χ0v) is 11.8. The molecular formula is C16H14N3O2+. The normalized spacial score (nSPS) is 11.5. The number of aromatic amines is 1. The molecule has 0 saturated heterocycles. The third-order valence-corrected chi connectivity index (χ3v) is 3.85. The molecule has 0 spiro atoms. The predicted octanol–water partition coefficient (Wildman–Crippen LogP) is 2.20. The quantitative estimate of drug-likeness (QED) is 0.543. The first-order chi connectivity index (χ1) is 10.2. The molecule has 21 heavy (non-hydrogen) atoms. The molecule has 0 unspecified atom stereocenters. The second-order valence-electron chi connectivity index (χ2n) is 5.15. The molecule has 4 rings (SSSR count). The van der Waals surface area contributed by atoms with Gasteiger partial charge in [0, 0.05) is 0 Å². The molecule has 0 saturated carbocycles. The highest BCUT2D eigenvalue weighted by molar-refractivity contribution is 5.79. The van der Waals surface area contributed by atoms with Gasteiger partial charge in [0.25, 0.3) is 0 Å². The van der Waals surface area contributed by atoms with Gasteiger partial charge in [-0.15, -0.1) is 4.57 Å². The Kier molecular flexibility index (Phi) is 2.33. The van der Waals surface area contributed by atoms with Crippen molar-refractivity contribution in [1.29, 1.82) is 0 Å². The fourth-order valence-electron chi connectivity index (χ4n) is 2.82. The van der Waals surface area contributed by atoms with Crippen molar-refractivity contribution in [2.75, 3.05) is 0 Å². The summed E-state index contributed by atoms with van der Waals surface area (Å²) in [6.45, 7) is 1.97. The Hall–Kier alpha value is -2.82. The van der Waals surface area contributed by atoms with Crippen molar-refractivity contribution in [1.82, 2.24) is 9.55 Å². The number of H-pyrrole nitrogens is 1. The smallest absolute Gasteiger partial charge is 0.394 e. The Morgan fingerprint density at radius 2 is 1.95 bits per heavy atom.